The number of nitrogens with zero attached hydrogens (tertiary/aromatic N) is 9. The van der Waals surface area contributed by atoms with E-state index in [-0.39, 0.29) is 77.8 Å². The zero-order chi connectivity index (χ0) is 58.9. The predicted molar refractivity (Wildman–Crippen MR) is 323 cm³/mol. The first-order valence-corrected chi connectivity index (χ1v) is 31.0. The van der Waals surface area contributed by atoms with Crippen LogP contribution in [0.3, 0.4) is 0 Å². The number of nitrogens with one attached hydrogen (secondary N) is 1. The fraction of sp³-hybridized carbons (Fsp3) is 0.500. The predicted octanol–water partition coefficient (Wildman–Crippen LogP) is 11.8. The molecule has 4 unspecified atom stereocenters. The largest absolute Gasteiger partial charge is 0.508 e. The van der Waals surface area contributed by atoms with E-state index >= 15 is 4.39 Å². The number of fused-ring (bicyclic) bond motifs is 3. The Morgan fingerprint density at radius 2 is 1.74 bits per heavy atom. The van der Waals surface area contributed by atoms with E-state index in [2.05, 4.69) is 65.1 Å². The Morgan fingerprint density at radius 3 is 2.45 bits per heavy atom. The Hall–Kier alpha value is -7.45. The quantitative estimate of drug-likeness (QED) is 0.0865. The van der Waals surface area contributed by atoms with E-state index in [1.165, 1.54) is 16.9 Å². The van der Waals surface area contributed by atoms with Crippen molar-refractivity contribution in [3.05, 3.63) is 101 Å². The van der Waals surface area contributed by atoms with E-state index in [0.717, 1.165) is 131 Å². The van der Waals surface area contributed by atoms with Gasteiger partial charge in [-0.1, -0.05) is 82.5 Å². The Labute approximate surface area is 495 Å². The molecule has 0 radical (unpaired) electrons. The van der Waals surface area contributed by atoms with Gasteiger partial charge < -0.3 is 43.9 Å². The van der Waals surface area contributed by atoms with Gasteiger partial charge in [-0.2, -0.15) is 9.97 Å². The van der Waals surface area contributed by atoms with E-state index in [1.54, 1.807) is 40.6 Å². The highest BCUT2D eigenvalue weighted by Crippen LogP contribution is 2.44. The summed E-state index contributed by atoms with van der Waals surface area (Å²) in [7, 11) is 0. The minimum atomic E-state index is -0.579. The number of ether oxygens (including phenoxy) is 3. The molecule has 0 aliphatic carbocycles. The number of pyridine rings is 1. The van der Waals surface area contributed by atoms with E-state index in [1.807, 2.05) is 54.6 Å². The Balaban J connectivity index is 0.000000333. The summed E-state index contributed by atoms with van der Waals surface area (Å²) < 4.78 is 40.9. The first-order valence-electron chi connectivity index (χ1n) is 30.1. The molecule has 0 spiro atoms. The number of hydrogen-bond acceptors (Lipinski definition) is 16. The molecule has 20 heteroatoms. The number of rotatable bonds is 16. The van der Waals surface area contributed by atoms with Crippen molar-refractivity contribution in [2.75, 3.05) is 57.4 Å². The van der Waals surface area contributed by atoms with Gasteiger partial charge in [-0.05, 0) is 130 Å². The summed E-state index contributed by atoms with van der Waals surface area (Å²) in [6.45, 7) is 16.9. The molecule has 3 amide bonds. The van der Waals surface area contributed by atoms with E-state index in [9.17, 15) is 19.5 Å². The minimum absolute atomic E-state index is 0.0258. The fourth-order valence-corrected chi connectivity index (χ4v) is 13.3. The lowest BCUT2D eigenvalue weighted by Crippen LogP contribution is -2.56. The Bertz CT molecular complexity index is 3400. The average Bonchev–Trinajstić information content (AvgIpc) is 1.65. The molecule has 4 atom stereocenters. The molecule has 5 saturated heterocycles. The van der Waals surface area contributed by atoms with Crippen LogP contribution in [0.15, 0.2) is 76.9 Å². The Kier molecular flexibility index (Phi) is 19.2. The van der Waals surface area contributed by atoms with Crippen molar-refractivity contribution in [1.29, 1.82) is 0 Å². The van der Waals surface area contributed by atoms with Crippen molar-refractivity contribution in [2.45, 2.75) is 155 Å². The van der Waals surface area contributed by atoms with E-state index < -0.39 is 5.82 Å². The summed E-state index contributed by atoms with van der Waals surface area (Å²) in [5.41, 5.74) is 6.71. The van der Waals surface area contributed by atoms with Gasteiger partial charge in [0.2, 0.25) is 12.3 Å². The average molecular weight is 1170 g/mol. The van der Waals surface area contributed by atoms with Crippen molar-refractivity contribution in [1.82, 2.24) is 45.1 Å². The number of anilines is 1. The number of aromatic hydroxyl groups is 1. The number of likely N-dealkylation sites (tertiary alicyclic amines) is 2. The number of halogens is 1. The van der Waals surface area contributed by atoms with E-state index in [4.69, 9.17) is 33.7 Å². The molecule has 5 aliphatic heterocycles. The maximum atomic E-state index is 17.1. The number of benzene rings is 3. The van der Waals surface area contributed by atoms with Gasteiger partial charge in [0.1, 0.15) is 47.9 Å². The number of amides is 3. The monoisotopic (exact) mass is 1170 g/mol. The van der Waals surface area contributed by atoms with Crippen molar-refractivity contribution >= 4 is 57.2 Å². The van der Waals surface area contributed by atoms with Crippen LogP contribution in [0.4, 0.5) is 15.0 Å². The first-order chi connectivity index (χ1) is 40.8. The summed E-state index contributed by atoms with van der Waals surface area (Å²) in [6.07, 6.45) is 13.8. The van der Waals surface area contributed by atoms with Crippen LogP contribution >= 0.6 is 11.3 Å². The molecule has 5 fully saturated rings. The molecule has 0 saturated carbocycles. The second kappa shape index (κ2) is 27.1. The van der Waals surface area contributed by atoms with Gasteiger partial charge in [0.25, 0.3) is 5.88 Å². The van der Waals surface area contributed by atoms with Crippen LogP contribution in [-0.4, -0.2) is 140 Å². The topological polar surface area (TPSA) is 202 Å². The van der Waals surface area contributed by atoms with Crippen molar-refractivity contribution in [3.8, 4) is 39.3 Å². The lowest BCUT2D eigenvalue weighted by molar-refractivity contribution is -0.131. The van der Waals surface area contributed by atoms with Gasteiger partial charge in [0.05, 0.1) is 52.6 Å². The minimum Gasteiger partial charge on any atom is -0.508 e. The van der Waals surface area contributed by atoms with Gasteiger partial charge in [-0.15, -0.1) is 11.3 Å². The highest BCUT2D eigenvalue weighted by molar-refractivity contribution is 7.13. The first kappa shape index (κ1) is 59.7. The normalized spacial score (nSPS) is 20.1. The number of aryl methyl sites for hydroxylation is 2. The lowest BCUT2D eigenvalue weighted by atomic mass is 9.95. The summed E-state index contributed by atoms with van der Waals surface area (Å²) >= 11 is 1.64. The van der Waals surface area contributed by atoms with Crippen molar-refractivity contribution in [3.63, 3.8) is 0 Å². The fourth-order valence-electron chi connectivity index (χ4n) is 12.5. The Morgan fingerprint density at radius 1 is 0.952 bits per heavy atom. The number of thiazole rings is 1. The molecule has 5 aliphatic rings. The maximum absolute atomic E-state index is 17.1. The van der Waals surface area contributed by atoms with Crippen LogP contribution in [0.5, 0.6) is 17.6 Å². The van der Waals surface area contributed by atoms with Crippen LogP contribution in [0.25, 0.3) is 43.4 Å². The molecular formula is C64H79FN10O8S. The molecule has 9 heterocycles. The molecule has 12 rings (SSSR count). The molecule has 446 valence electrons. The van der Waals surface area contributed by atoms with Gasteiger partial charge in [-0.25, -0.2) is 14.2 Å². The van der Waals surface area contributed by atoms with Gasteiger partial charge in [0.15, 0.2) is 5.82 Å². The zero-order valence-electron chi connectivity index (χ0n) is 49.3. The SMILES string of the molecule is CCC.CCc1cccc2cc(O)cc(-c3ncc4c(N5CCCCCC5)nc(OCC56CCCN5C(COC(=O)N5CC(Oc7cc(CC(=O)N8CCCC8C)on7)C5)CC6)nc4c3F)c12.Cc1ncsc1-c1ccc(C(C)NC=O)cc1. The molecule has 18 nitrogen and oxygen atoms in total. The van der Waals surface area contributed by atoms with Crippen molar-refractivity contribution in [2.24, 2.45) is 0 Å². The smallest absolute Gasteiger partial charge is 0.410 e. The highest BCUT2D eigenvalue weighted by atomic mass is 32.1. The molecule has 7 aromatic rings. The number of carbonyl (C=O) groups is 3. The molecule has 3 aromatic carbocycles. The molecule has 0 bridgehead atoms. The number of aromatic nitrogens is 5. The standard InChI is InChI=1S/C48H57FN8O7.C13H14N2OS.C3H8/c1-3-31-12-8-13-32-21-34(58)22-37(41(31)32)43-42(49)44-38(25-50-43)45(54-17-6-4-5-7-18-54)52-46(51-44)62-29-48-15-10-20-57(48)33(14-16-48)28-61-47(60)55-26-36(27-55)63-39-23-35(64-53-39)24-40(59)56-19-9-11-30(56)2;1-9(14-7-16)11-3-5-12(6-4-11)13-10(2)15-8-17-13;1-3-2/h8,12-13,21-23,25,30,33,36,58H,3-7,9-11,14-20,24,26-29H2,1-2H3;3-9H,1-2H3,(H,14,16);3H2,1-2H3. The zero-order valence-corrected chi connectivity index (χ0v) is 50.1. The number of hydrogen-bond donors (Lipinski definition) is 2. The van der Waals surface area contributed by atoms with Crippen LogP contribution in [-0.2, 0) is 27.2 Å². The second-order valence-electron chi connectivity index (χ2n) is 23.0. The molecular weight excluding hydrogens is 1090 g/mol. The summed E-state index contributed by atoms with van der Waals surface area (Å²) in [5.74, 6) is 0.872. The molecule has 84 heavy (non-hydrogen) atoms. The van der Waals surface area contributed by atoms with Crippen LogP contribution in [0.1, 0.15) is 134 Å². The number of carbonyl (C=O) groups excluding carboxylic acids is 3. The lowest BCUT2D eigenvalue weighted by Gasteiger charge is -2.38. The van der Waals surface area contributed by atoms with Crippen LogP contribution in [0.2, 0.25) is 0 Å². The third-order valence-electron chi connectivity index (χ3n) is 17.0. The van der Waals surface area contributed by atoms with Crippen molar-refractivity contribution < 1.29 is 42.6 Å². The number of phenolic OH excluding ortho intramolecular Hbond substituents is 1. The van der Waals surface area contributed by atoms with Gasteiger partial charge >= 0.3 is 12.1 Å². The number of phenols is 1. The summed E-state index contributed by atoms with van der Waals surface area (Å²) in [4.78, 5) is 64.2. The van der Waals surface area contributed by atoms with Crippen LogP contribution < -0.4 is 19.7 Å². The third-order valence-corrected chi connectivity index (χ3v) is 18.0. The van der Waals surface area contributed by atoms with Crippen LogP contribution in [0, 0.1) is 12.7 Å². The summed E-state index contributed by atoms with van der Waals surface area (Å²) in [6, 6.07) is 19.5. The highest BCUT2D eigenvalue weighted by Gasteiger charge is 2.50. The summed E-state index contributed by atoms with van der Waals surface area (Å²) in [5, 5.41) is 19.7. The molecule has 4 aromatic heterocycles. The van der Waals surface area contributed by atoms with Gasteiger partial charge in [-0.3, -0.25) is 19.5 Å². The maximum Gasteiger partial charge on any atom is 0.410 e. The third kappa shape index (κ3) is 13.2. The van der Waals surface area contributed by atoms with Gasteiger partial charge in [0, 0.05) is 49.5 Å². The second-order valence-corrected chi connectivity index (χ2v) is 23.8. The molecule has 2 N–H and O–H groups in total. The van der Waals surface area contributed by atoms with E-state index in [0.29, 0.717) is 48.1 Å².